The predicted octanol–water partition coefficient (Wildman–Crippen LogP) is 0.628. The molecule has 2 heterocycles. The van der Waals surface area contributed by atoms with E-state index in [1.807, 2.05) is 26.2 Å². The summed E-state index contributed by atoms with van der Waals surface area (Å²) in [5.74, 6) is 0. The van der Waals surface area contributed by atoms with Crippen molar-refractivity contribution in [1.82, 2.24) is 19.4 Å². The molecule has 0 saturated carbocycles. The molecule has 2 N–H and O–H groups in total. The number of aryl methyl sites for hydroxylation is 2. The van der Waals surface area contributed by atoms with Gasteiger partial charge >= 0.3 is 0 Å². The molecule has 14 heavy (non-hydrogen) atoms. The van der Waals surface area contributed by atoms with E-state index in [1.54, 1.807) is 4.68 Å². The topological polar surface area (TPSA) is 69.6 Å². The molecular weight excluding hydrogens is 198 g/mol. The highest BCUT2D eigenvalue weighted by Gasteiger charge is 2.16. The Balaban J connectivity index is 2.33. The summed E-state index contributed by atoms with van der Waals surface area (Å²) < 4.78 is 5.59. The van der Waals surface area contributed by atoms with Crippen molar-refractivity contribution in [3.05, 3.63) is 28.5 Å². The summed E-state index contributed by atoms with van der Waals surface area (Å²) in [5, 5.41) is 8.17. The van der Waals surface area contributed by atoms with Gasteiger partial charge in [-0.3, -0.25) is 4.68 Å². The molecule has 74 valence electrons. The highest BCUT2D eigenvalue weighted by molar-refractivity contribution is 7.05. The molecule has 0 amide bonds. The van der Waals surface area contributed by atoms with Crippen LogP contribution in [0.5, 0.6) is 0 Å². The van der Waals surface area contributed by atoms with E-state index in [1.165, 1.54) is 11.5 Å². The highest BCUT2D eigenvalue weighted by atomic mass is 32.1. The zero-order chi connectivity index (χ0) is 10.1. The number of nitrogens with zero attached hydrogens (tertiary/aromatic N) is 4. The van der Waals surface area contributed by atoms with Crippen LogP contribution in [0.4, 0.5) is 0 Å². The van der Waals surface area contributed by atoms with Crippen LogP contribution in [0.2, 0.25) is 0 Å². The second-order valence-corrected chi connectivity index (χ2v) is 3.90. The van der Waals surface area contributed by atoms with E-state index < -0.39 is 0 Å². The van der Waals surface area contributed by atoms with Crippen LogP contribution in [0.25, 0.3) is 0 Å². The largest absolute Gasteiger partial charge is 0.318 e. The zero-order valence-corrected chi connectivity index (χ0v) is 8.82. The Morgan fingerprint density at radius 3 is 2.86 bits per heavy atom. The first-order chi connectivity index (χ1) is 6.68. The molecule has 0 radical (unpaired) electrons. The fourth-order valence-corrected chi connectivity index (χ4v) is 1.91. The van der Waals surface area contributed by atoms with E-state index in [2.05, 4.69) is 14.7 Å². The van der Waals surface area contributed by atoms with E-state index in [9.17, 15) is 0 Å². The van der Waals surface area contributed by atoms with Crippen LogP contribution in [0.3, 0.4) is 0 Å². The third-order valence-corrected chi connectivity index (χ3v) is 2.93. The molecule has 6 heteroatoms. The van der Waals surface area contributed by atoms with Gasteiger partial charge in [0.1, 0.15) is 0 Å². The maximum absolute atomic E-state index is 6.03. The van der Waals surface area contributed by atoms with Crippen molar-refractivity contribution < 1.29 is 0 Å². The smallest absolute Gasteiger partial charge is 0.0873 e. The van der Waals surface area contributed by atoms with Crippen molar-refractivity contribution in [2.75, 3.05) is 0 Å². The molecule has 2 aromatic rings. The number of aromatic nitrogens is 4. The summed E-state index contributed by atoms with van der Waals surface area (Å²) in [7, 11) is 1.87. The molecule has 0 bridgehead atoms. The number of rotatable bonds is 2. The standard InChI is InChI=1S/C8H11N5S/c1-5-8(14-12-10-5)7(9)6-3-4-13(2)11-6/h3-4,7H,9H2,1-2H3. The maximum Gasteiger partial charge on any atom is 0.0873 e. The summed E-state index contributed by atoms with van der Waals surface area (Å²) in [6.07, 6.45) is 1.87. The first kappa shape index (κ1) is 9.29. The predicted molar refractivity (Wildman–Crippen MR) is 53.9 cm³/mol. The van der Waals surface area contributed by atoms with Crippen LogP contribution >= 0.6 is 11.5 Å². The molecule has 5 nitrogen and oxygen atoms in total. The van der Waals surface area contributed by atoms with Gasteiger partial charge in [-0.1, -0.05) is 4.49 Å². The van der Waals surface area contributed by atoms with Crippen molar-refractivity contribution in [3.63, 3.8) is 0 Å². The Morgan fingerprint density at radius 2 is 2.36 bits per heavy atom. The first-order valence-corrected chi connectivity index (χ1v) is 5.00. The van der Waals surface area contributed by atoms with Gasteiger partial charge in [0.15, 0.2) is 0 Å². The molecule has 0 aromatic carbocycles. The summed E-state index contributed by atoms with van der Waals surface area (Å²) in [6, 6.07) is 1.69. The van der Waals surface area contributed by atoms with Gasteiger partial charge in [0.2, 0.25) is 0 Å². The van der Waals surface area contributed by atoms with Crippen molar-refractivity contribution in [2.24, 2.45) is 12.8 Å². The second-order valence-electron chi connectivity index (χ2n) is 3.11. The monoisotopic (exact) mass is 209 g/mol. The summed E-state index contributed by atoms with van der Waals surface area (Å²) >= 11 is 1.33. The fourth-order valence-electron chi connectivity index (χ4n) is 1.26. The van der Waals surface area contributed by atoms with Gasteiger partial charge in [-0.05, 0) is 24.5 Å². The molecule has 2 rings (SSSR count). The average molecular weight is 209 g/mol. The molecule has 0 aliphatic carbocycles. The minimum absolute atomic E-state index is 0.212. The Morgan fingerprint density at radius 1 is 1.57 bits per heavy atom. The third kappa shape index (κ3) is 1.53. The van der Waals surface area contributed by atoms with Crippen molar-refractivity contribution in [1.29, 1.82) is 0 Å². The van der Waals surface area contributed by atoms with Gasteiger partial charge in [0.05, 0.1) is 22.3 Å². The Labute approximate surface area is 85.7 Å². The second kappa shape index (κ2) is 3.47. The van der Waals surface area contributed by atoms with Gasteiger partial charge in [-0.15, -0.1) is 5.10 Å². The molecule has 1 atom stereocenters. The van der Waals surface area contributed by atoms with Crippen LogP contribution in [0.1, 0.15) is 22.3 Å². The van der Waals surface area contributed by atoms with E-state index in [-0.39, 0.29) is 6.04 Å². The van der Waals surface area contributed by atoms with Gasteiger partial charge in [-0.25, -0.2) is 0 Å². The molecule has 1 unspecified atom stereocenters. The minimum atomic E-state index is -0.212. The molecule has 0 aliphatic heterocycles. The van der Waals surface area contributed by atoms with E-state index in [0.29, 0.717) is 0 Å². The van der Waals surface area contributed by atoms with Crippen molar-refractivity contribution in [3.8, 4) is 0 Å². The zero-order valence-electron chi connectivity index (χ0n) is 8.01. The van der Waals surface area contributed by atoms with E-state index in [0.717, 1.165) is 16.3 Å². The third-order valence-electron chi connectivity index (χ3n) is 2.02. The highest BCUT2D eigenvalue weighted by Crippen LogP contribution is 2.22. The quantitative estimate of drug-likeness (QED) is 0.787. The van der Waals surface area contributed by atoms with Crippen molar-refractivity contribution in [2.45, 2.75) is 13.0 Å². The minimum Gasteiger partial charge on any atom is -0.318 e. The van der Waals surface area contributed by atoms with Crippen LogP contribution < -0.4 is 5.73 Å². The van der Waals surface area contributed by atoms with Gasteiger partial charge in [0.25, 0.3) is 0 Å². The molecule has 0 spiro atoms. The first-order valence-electron chi connectivity index (χ1n) is 4.22. The normalized spacial score (nSPS) is 13.1. The van der Waals surface area contributed by atoms with Gasteiger partial charge in [-0.2, -0.15) is 5.10 Å². The molecular formula is C8H11N5S. The summed E-state index contributed by atoms with van der Waals surface area (Å²) in [5.41, 5.74) is 7.76. The van der Waals surface area contributed by atoms with E-state index >= 15 is 0 Å². The van der Waals surface area contributed by atoms with E-state index in [4.69, 9.17) is 5.73 Å². The van der Waals surface area contributed by atoms with Crippen molar-refractivity contribution >= 4 is 11.5 Å². The molecule has 0 fully saturated rings. The SMILES string of the molecule is Cc1nnsc1C(N)c1ccn(C)n1. The summed E-state index contributed by atoms with van der Waals surface area (Å²) in [4.78, 5) is 0.976. The molecule has 0 saturated heterocycles. The van der Waals surface area contributed by atoms with Crippen LogP contribution in [0.15, 0.2) is 12.3 Å². The lowest BCUT2D eigenvalue weighted by Gasteiger charge is -2.05. The van der Waals surface area contributed by atoms with Crippen LogP contribution in [0, 0.1) is 6.92 Å². The molecule has 0 aliphatic rings. The van der Waals surface area contributed by atoms with Crippen LogP contribution in [-0.4, -0.2) is 19.4 Å². The fraction of sp³-hybridized carbons (Fsp3) is 0.375. The summed E-state index contributed by atoms with van der Waals surface area (Å²) in [6.45, 7) is 1.90. The number of hydrogen-bond acceptors (Lipinski definition) is 5. The Bertz CT molecular complexity index is 432. The Hall–Kier alpha value is -1.27. The Kier molecular flexibility index (Phi) is 2.30. The molecule has 2 aromatic heterocycles. The average Bonchev–Trinajstić information content (AvgIpc) is 2.73. The van der Waals surface area contributed by atoms with Gasteiger partial charge in [0, 0.05) is 13.2 Å². The lowest BCUT2D eigenvalue weighted by atomic mass is 10.2. The lowest BCUT2D eigenvalue weighted by Crippen LogP contribution is -2.12. The maximum atomic E-state index is 6.03. The van der Waals surface area contributed by atoms with Crippen LogP contribution in [-0.2, 0) is 7.05 Å². The number of hydrogen-bond donors (Lipinski definition) is 1. The lowest BCUT2D eigenvalue weighted by molar-refractivity contribution is 0.717. The van der Waals surface area contributed by atoms with Gasteiger partial charge < -0.3 is 5.73 Å². The number of nitrogens with two attached hydrogens (primary N) is 1.